The van der Waals surface area contributed by atoms with Gasteiger partial charge in [0, 0.05) is 0 Å². The number of nitrogens with zero attached hydrogens (tertiary/aromatic N) is 2. The Bertz CT molecular complexity index is 505. The van der Waals surface area contributed by atoms with E-state index in [1.165, 1.54) is 154 Å². The minimum atomic E-state index is 0.881. The molecule has 2 heteroatoms. The number of imidazole rings is 1. The van der Waals surface area contributed by atoms with Crippen molar-refractivity contribution in [2.75, 3.05) is 0 Å². The molecule has 1 rings (SSSR count). The molecule has 0 radical (unpaired) electrons. The van der Waals surface area contributed by atoms with Gasteiger partial charge < -0.3 is 0 Å². The van der Waals surface area contributed by atoms with E-state index >= 15 is 0 Å². The summed E-state index contributed by atoms with van der Waals surface area (Å²) >= 11 is 0. The summed E-state index contributed by atoms with van der Waals surface area (Å²) in [6.07, 6.45) is 38.3. The van der Waals surface area contributed by atoms with Crippen molar-refractivity contribution < 1.29 is 4.57 Å². The lowest BCUT2D eigenvalue weighted by molar-refractivity contribution is -0.696. The Hall–Kier alpha value is -0.790. The Balaban J connectivity index is 1.84. The number of hydrogen-bond acceptors (Lipinski definition) is 0. The normalized spacial score (nSPS) is 11.6. The van der Waals surface area contributed by atoms with E-state index in [4.69, 9.17) is 0 Å². The first-order valence-corrected chi connectivity index (χ1v) is 15.3. The van der Waals surface area contributed by atoms with Gasteiger partial charge in [-0.15, -0.1) is 0 Å². The van der Waals surface area contributed by atoms with Gasteiger partial charge in [-0.1, -0.05) is 136 Å². The lowest BCUT2D eigenvalue weighted by Crippen LogP contribution is -2.30. The van der Waals surface area contributed by atoms with Gasteiger partial charge in [-0.25, -0.2) is 9.13 Å². The molecule has 0 spiro atoms. The van der Waals surface area contributed by atoms with E-state index in [0.29, 0.717) is 0 Å². The third-order valence-electron chi connectivity index (χ3n) is 7.21. The van der Waals surface area contributed by atoms with Crippen molar-refractivity contribution in [3.63, 3.8) is 0 Å². The summed E-state index contributed by atoms with van der Waals surface area (Å²) < 4.78 is 4.80. The fourth-order valence-electron chi connectivity index (χ4n) is 4.92. The molecule has 0 fully saturated rings. The monoisotopic (exact) mass is 461 g/mol. The molecule has 0 amide bonds. The topological polar surface area (TPSA) is 8.81 Å². The van der Waals surface area contributed by atoms with Crippen LogP contribution in [0.4, 0.5) is 0 Å². The van der Waals surface area contributed by atoms with Gasteiger partial charge >= 0.3 is 0 Å². The highest BCUT2D eigenvalue weighted by atomic mass is 15.1. The minimum Gasteiger partial charge on any atom is -0.237 e. The Morgan fingerprint density at radius 3 is 1.55 bits per heavy atom. The van der Waals surface area contributed by atoms with Crippen LogP contribution in [0.25, 0.3) is 0 Å². The quantitative estimate of drug-likeness (QED) is 0.101. The van der Waals surface area contributed by atoms with Crippen LogP contribution in [0.1, 0.15) is 162 Å². The Kier molecular flexibility index (Phi) is 21.1. The summed E-state index contributed by atoms with van der Waals surface area (Å²) in [7, 11) is 0. The number of aromatic nitrogens is 2. The van der Waals surface area contributed by atoms with E-state index < -0.39 is 0 Å². The van der Waals surface area contributed by atoms with Crippen LogP contribution in [0.3, 0.4) is 0 Å². The Morgan fingerprint density at radius 2 is 1.03 bits per heavy atom. The molecule has 0 aliphatic heterocycles. The van der Waals surface area contributed by atoms with Crippen molar-refractivity contribution in [1.82, 2.24) is 4.57 Å². The maximum atomic E-state index is 2.40. The molecule has 0 N–H and O–H groups in total. The summed E-state index contributed by atoms with van der Waals surface area (Å²) in [5.74, 6) is 0.881. The first-order chi connectivity index (χ1) is 16.2. The fourth-order valence-corrected chi connectivity index (χ4v) is 4.92. The standard InChI is InChI=1S/C31H61N2/c1-4-5-6-7-8-9-10-11-12-14-17-20-23-26-32-28-29-33(30-32)27-24-21-18-15-13-16-19-22-25-31(2)3/h28-31H,4-27H2,1-3H3/q+1. The van der Waals surface area contributed by atoms with Crippen LogP contribution in [0.5, 0.6) is 0 Å². The van der Waals surface area contributed by atoms with Crippen molar-refractivity contribution in [2.45, 2.75) is 175 Å². The van der Waals surface area contributed by atoms with Crippen LogP contribution in [0.15, 0.2) is 18.7 Å². The molecule has 0 aliphatic carbocycles. The number of unbranched alkanes of at least 4 members (excludes halogenated alkanes) is 19. The number of hydrogen-bond donors (Lipinski definition) is 0. The molecular formula is C31H61N2+. The van der Waals surface area contributed by atoms with Crippen molar-refractivity contribution in [2.24, 2.45) is 5.92 Å². The van der Waals surface area contributed by atoms with Gasteiger partial charge in [0.1, 0.15) is 12.4 Å². The van der Waals surface area contributed by atoms with E-state index in [2.05, 4.69) is 48.6 Å². The van der Waals surface area contributed by atoms with Crippen LogP contribution in [-0.2, 0) is 13.1 Å². The molecule has 194 valence electrons. The second-order valence-corrected chi connectivity index (χ2v) is 11.1. The summed E-state index contributed by atoms with van der Waals surface area (Å²) in [4.78, 5) is 0. The summed E-state index contributed by atoms with van der Waals surface area (Å²) in [6.45, 7) is 9.37. The highest BCUT2D eigenvalue weighted by molar-refractivity contribution is 4.66. The first-order valence-electron chi connectivity index (χ1n) is 15.3. The van der Waals surface area contributed by atoms with E-state index in [1.54, 1.807) is 0 Å². The van der Waals surface area contributed by atoms with E-state index in [9.17, 15) is 0 Å². The fraction of sp³-hybridized carbons (Fsp3) is 0.903. The highest BCUT2D eigenvalue weighted by Gasteiger charge is 2.03. The molecule has 2 nitrogen and oxygen atoms in total. The molecule has 0 bridgehead atoms. The van der Waals surface area contributed by atoms with Crippen LogP contribution in [0, 0.1) is 5.92 Å². The van der Waals surface area contributed by atoms with Crippen molar-refractivity contribution in [3.05, 3.63) is 18.7 Å². The predicted octanol–water partition coefficient (Wildman–Crippen LogP) is 10.0. The zero-order chi connectivity index (χ0) is 23.8. The lowest BCUT2D eigenvalue weighted by Gasteiger charge is -2.04. The highest BCUT2D eigenvalue weighted by Crippen LogP contribution is 2.14. The zero-order valence-corrected chi connectivity index (χ0v) is 23.2. The summed E-state index contributed by atoms with van der Waals surface area (Å²) in [5.41, 5.74) is 0. The third-order valence-corrected chi connectivity index (χ3v) is 7.21. The summed E-state index contributed by atoms with van der Waals surface area (Å²) in [5, 5.41) is 0. The average molecular weight is 462 g/mol. The molecule has 1 aromatic heterocycles. The van der Waals surface area contributed by atoms with Crippen molar-refractivity contribution in [3.8, 4) is 0 Å². The average Bonchev–Trinajstić information content (AvgIpc) is 3.25. The Morgan fingerprint density at radius 1 is 0.576 bits per heavy atom. The SMILES string of the molecule is CCCCCCCCCCCCCCC[n+]1ccn(CCCCCCCCCCC(C)C)c1. The second kappa shape index (κ2) is 23.0. The molecule has 0 aliphatic rings. The Labute approximate surface area is 208 Å². The number of rotatable bonds is 25. The molecule has 0 saturated carbocycles. The first kappa shape index (κ1) is 30.2. The molecule has 0 atom stereocenters. The van der Waals surface area contributed by atoms with Gasteiger partial charge in [0.15, 0.2) is 0 Å². The van der Waals surface area contributed by atoms with Gasteiger partial charge in [-0.2, -0.15) is 0 Å². The lowest BCUT2D eigenvalue weighted by atomic mass is 10.0. The predicted molar refractivity (Wildman–Crippen MR) is 147 cm³/mol. The van der Waals surface area contributed by atoms with Crippen molar-refractivity contribution in [1.29, 1.82) is 0 Å². The molecular weight excluding hydrogens is 400 g/mol. The number of aryl methyl sites for hydroxylation is 2. The maximum absolute atomic E-state index is 2.40. The minimum absolute atomic E-state index is 0.881. The van der Waals surface area contributed by atoms with Crippen molar-refractivity contribution >= 4 is 0 Å². The van der Waals surface area contributed by atoms with Crippen LogP contribution in [-0.4, -0.2) is 4.57 Å². The zero-order valence-electron chi connectivity index (χ0n) is 23.2. The van der Waals surface area contributed by atoms with Crippen LogP contribution in [0.2, 0.25) is 0 Å². The smallest absolute Gasteiger partial charge is 0.237 e. The molecule has 33 heavy (non-hydrogen) atoms. The third kappa shape index (κ3) is 20.3. The van der Waals surface area contributed by atoms with Gasteiger partial charge in [0.05, 0.1) is 13.1 Å². The van der Waals surface area contributed by atoms with E-state index in [0.717, 1.165) is 5.92 Å². The molecule has 0 aromatic carbocycles. The molecule has 0 saturated heterocycles. The van der Waals surface area contributed by atoms with Gasteiger partial charge in [0.25, 0.3) is 0 Å². The van der Waals surface area contributed by atoms with E-state index in [1.807, 2.05) is 0 Å². The molecule has 1 heterocycles. The van der Waals surface area contributed by atoms with Crippen LogP contribution < -0.4 is 4.57 Å². The largest absolute Gasteiger partial charge is 0.243 e. The molecule has 0 unspecified atom stereocenters. The van der Waals surface area contributed by atoms with Gasteiger partial charge in [0.2, 0.25) is 6.33 Å². The van der Waals surface area contributed by atoms with Gasteiger partial charge in [-0.3, -0.25) is 0 Å². The van der Waals surface area contributed by atoms with E-state index in [-0.39, 0.29) is 0 Å². The molecule has 1 aromatic rings. The maximum Gasteiger partial charge on any atom is 0.243 e. The second-order valence-electron chi connectivity index (χ2n) is 11.1. The summed E-state index contributed by atoms with van der Waals surface area (Å²) in [6, 6.07) is 0. The van der Waals surface area contributed by atoms with Gasteiger partial charge in [-0.05, 0) is 31.6 Å². The van der Waals surface area contributed by atoms with Crippen LogP contribution >= 0.6 is 0 Å².